The molecule has 3 rings (SSSR count). The van der Waals surface area contributed by atoms with Crippen molar-refractivity contribution in [3.05, 3.63) is 29.7 Å². The van der Waals surface area contributed by atoms with Crippen molar-refractivity contribution in [2.45, 2.75) is 55.9 Å². The summed E-state index contributed by atoms with van der Waals surface area (Å²) in [7, 11) is 0. The van der Waals surface area contributed by atoms with Gasteiger partial charge in [-0.25, -0.2) is 4.98 Å². The predicted molar refractivity (Wildman–Crippen MR) is 83.3 cm³/mol. The minimum atomic E-state index is 0.870. The van der Waals surface area contributed by atoms with Gasteiger partial charge in [-0.05, 0) is 42.8 Å². The number of aryl methyl sites for hydroxylation is 1. The van der Waals surface area contributed by atoms with Crippen molar-refractivity contribution in [2.75, 3.05) is 6.54 Å². The molecule has 1 N–H and O–H groups in total. The lowest BCUT2D eigenvalue weighted by atomic mass is 10.2. The Hall–Kier alpha value is -1.40. The fourth-order valence-electron chi connectivity index (χ4n) is 2.47. The van der Waals surface area contributed by atoms with Crippen LogP contribution in [0.4, 0.5) is 0 Å². The maximum absolute atomic E-state index is 4.52. The first-order valence-corrected chi connectivity index (χ1v) is 8.44. The maximum Gasteiger partial charge on any atom is 0.197 e. The van der Waals surface area contributed by atoms with Gasteiger partial charge < -0.3 is 9.88 Å². The van der Waals surface area contributed by atoms with Gasteiger partial charge in [-0.3, -0.25) is 0 Å². The van der Waals surface area contributed by atoms with E-state index in [1.165, 1.54) is 24.8 Å². The van der Waals surface area contributed by atoms with Crippen molar-refractivity contribution in [1.29, 1.82) is 0 Å². The van der Waals surface area contributed by atoms with Crippen LogP contribution in [0.2, 0.25) is 0 Å². The second-order valence-corrected chi connectivity index (χ2v) is 6.24. The van der Waals surface area contributed by atoms with E-state index in [1.807, 2.05) is 6.20 Å². The van der Waals surface area contributed by atoms with Crippen LogP contribution >= 0.6 is 11.8 Å². The van der Waals surface area contributed by atoms with Crippen LogP contribution in [0.25, 0.3) is 0 Å². The minimum absolute atomic E-state index is 0.870. The molecule has 0 saturated heterocycles. The molecule has 0 spiro atoms. The lowest BCUT2D eigenvalue weighted by molar-refractivity contribution is 0.590. The molecular formula is C15H21N5S. The molecule has 0 amide bonds. The fraction of sp³-hybridized carbons (Fsp3) is 0.533. The topological polar surface area (TPSA) is 55.6 Å². The summed E-state index contributed by atoms with van der Waals surface area (Å²) in [5, 5.41) is 13.9. The first-order valence-electron chi connectivity index (χ1n) is 7.62. The summed E-state index contributed by atoms with van der Waals surface area (Å²) in [6.07, 6.45) is 6.70. The van der Waals surface area contributed by atoms with E-state index < -0.39 is 0 Å². The molecule has 0 radical (unpaired) electrons. The summed E-state index contributed by atoms with van der Waals surface area (Å²) in [5.74, 6) is 1.12. The van der Waals surface area contributed by atoms with Crippen LogP contribution < -0.4 is 5.32 Å². The molecule has 2 aromatic heterocycles. The van der Waals surface area contributed by atoms with Crippen molar-refractivity contribution in [1.82, 2.24) is 25.1 Å². The summed E-state index contributed by atoms with van der Waals surface area (Å²) in [6, 6.07) is 4.19. The first-order chi connectivity index (χ1) is 10.4. The van der Waals surface area contributed by atoms with Crippen LogP contribution in [0, 0.1) is 0 Å². The number of nitrogens with one attached hydrogen (secondary N) is 1. The lowest BCUT2D eigenvalue weighted by Gasteiger charge is -2.06. The van der Waals surface area contributed by atoms with E-state index in [-0.39, 0.29) is 0 Å². The number of pyridine rings is 1. The van der Waals surface area contributed by atoms with Gasteiger partial charge in [-0.1, -0.05) is 19.4 Å². The monoisotopic (exact) mass is 303 g/mol. The van der Waals surface area contributed by atoms with Crippen LogP contribution in [-0.4, -0.2) is 26.3 Å². The molecule has 0 atom stereocenters. The molecule has 0 unspecified atom stereocenters. The molecule has 0 fully saturated rings. The van der Waals surface area contributed by atoms with Crippen molar-refractivity contribution in [3.8, 4) is 0 Å². The largest absolute Gasteiger partial charge is 0.313 e. The molecule has 1 aliphatic rings. The first kappa shape index (κ1) is 14.5. The number of aromatic nitrogens is 4. The normalized spacial score (nSPS) is 14.7. The molecule has 6 heteroatoms. The highest BCUT2D eigenvalue weighted by Crippen LogP contribution is 2.27. The van der Waals surface area contributed by atoms with Crippen LogP contribution in [0.3, 0.4) is 0 Å². The number of hydrogen-bond donors (Lipinski definition) is 1. The van der Waals surface area contributed by atoms with Gasteiger partial charge in [0.2, 0.25) is 0 Å². The Morgan fingerprint density at radius 2 is 2.19 bits per heavy atom. The molecule has 21 heavy (non-hydrogen) atoms. The Morgan fingerprint density at radius 1 is 1.24 bits per heavy atom. The summed E-state index contributed by atoms with van der Waals surface area (Å²) >= 11 is 1.61. The molecule has 1 aliphatic heterocycles. The van der Waals surface area contributed by atoms with Gasteiger partial charge >= 0.3 is 0 Å². The third kappa shape index (κ3) is 3.63. The smallest absolute Gasteiger partial charge is 0.197 e. The highest BCUT2D eigenvalue weighted by Gasteiger charge is 2.15. The van der Waals surface area contributed by atoms with Crippen molar-refractivity contribution >= 4 is 11.8 Å². The van der Waals surface area contributed by atoms with Gasteiger partial charge in [0, 0.05) is 25.7 Å². The van der Waals surface area contributed by atoms with Crippen LogP contribution in [0.15, 0.2) is 28.5 Å². The molecule has 2 aromatic rings. The Balaban J connectivity index is 1.70. The van der Waals surface area contributed by atoms with Gasteiger partial charge in [0.25, 0.3) is 0 Å². The second-order valence-electron chi connectivity index (χ2n) is 5.25. The fourth-order valence-corrected chi connectivity index (χ4v) is 3.29. The molecule has 112 valence electrons. The van der Waals surface area contributed by atoms with Gasteiger partial charge in [-0.2, -0.15) is 0 Å². The average molecular weight is 303 g/mol. The zero-order chi connectivity index (χ0) is 14.5. The lowest BCUT2D eigenvalue weighted by Crippen LogP contribution is -2.11. The van der Waals surface area contributed by atoms with Gasteiger partial charge in [0.1, 0.15) is 10.9 Å². The summed E-state index contributed by atoms with van der Waals surface area (Å²) in [6.45, 7) is 4.98. The maximum atomic E-state index is 4.52. The number of fused-ring (bicyclic) bond motifs is 1. The van der Waals surface area contributed by atoms with Gasteiger partial charge in [0.05, 0.1) is 0 Å². The van der Waals surface area contributed by atoms with Gasteiger partial charge in [0.15, 0.2) is 5.16 Å². The highest BCUT2D eigenvalue weighted by atomic mass is 32.2. The molecule has 5 nitrogen and oxygen atoms in total. The van der Waals surface area contributed by atoms with Crippen molar-refractivity contribution in [2.24, 2.45) is 0 Å². The Labute approximate surface area is 129 Å². The van der Waals surface area contributed by atoms with Crippen LogP contribution in [0.1, 0.15) is 37.6 Å². The zero-order valence-corrected chi connectivity index (χ0v) is 13.2. The van der Waals surface area contributed by atoms with Crippen molar-refractivity contribution < 1.29 is 0 Å². The summed E-state index contributed by atoms with van der Waals surface area (Å²) < 4.78 is 2.26. The molecule has 0 aromatic carbocycles. The molecule has 3 heterocycles. The van der Waals surface area contributed by atoms with E-state index in [2.05, 4.69) is 44.1 Å². The number of hydrogen-bond acceptors (Lipinski definition) is 5. The number of nitrogens with zero attached hydrogens (tertiary/aromatic N) is 4. The van der Waals surface area contributed by atoms with E-state index in [4.69, 9.17) is 0 Å². The average Bonchev–Trinajstić information content (AvgIpc) is 2.74. The number of rotatable bonds is 5. The standard InChI is InChI=1S/C15H21N5S/c1-2-16-10-12-7-8-14(17-11-12)21-15-19-18-13-6-4-3-5-9-20(13)15/h7-8,11,16H,2-6,9-10H2,1H3. The summed E-state index contributed by atoms with van der Waals surface area (Å²) in [5.41, 5.74) is 1.21. The summed E-state index contributed by atoms with van der Waals surface area (Å²) in [4.78, 5) is 4.52. The van der Waals surface area contributed by atoms with E-state index in [0.717, 1.165) is 42.1 Å². The third-order valence-corrected chi connectivity index (χ3v) is 4.58. The molecule has 0 saturated carbocycles. The highest BCUT2D eigenvalue weighted by molar-refractivity contribution is 7.99. The Morgan fingerprint density at radius 3 is 3.00 bits per heavy atom. The molecule has 0 aliphatic carbocycles. The van der Waals surface area contributed by atoms with Crippen molar-refractivity contribution in [3.63, 3.8) is 0 Å². The van der Waals surface area contributed by atoms with E-state index in [1.54, 1.807) is 11.8 Å². The predicted octanol–water partition coefficient (Wildman–Crippen LogP) is 2.66. The van der Waals surface area contributed by atoms with E-state index in [0.29, 0.717) is 0 Å². The Bertz CT molecular complexity index is 578. The molecular weight excluding hydrogens is 282 g/mol. The zero-order valence-electron chi connectivity index (χ0n) is 12.4. The van der Waals surface area contributed by atoms with Crippen LogP contribution in [0.5, 0.6) is 0 Å². The molecule has 0 bridgehead atoms. The Kier molecular flexibility index (Phi) is 4.87. The van der Waals surface area contributed by atoms with Crippen LogP contribution in [-0.2, 0) is 19.5 Å². The van der Waals surface area contributed by atoms with E-state index >= 15 is 0 Å². The quantitative estimate of drug-likeness (QED) is 0.920. The van der Waals surface area contributed by atoms with Gasteiger partial charge in [-0.15, -0.1) is 10.2 Å². The van der Waals surface area contributed by atoms with E-state index in [9.17, 15) is 0 Å². The third-order valence-electron chi connectivity index (χ3n) is 3.65. The SMILES string of the molecule is CCNCc1ccc(Sc2nnc3n2CCCCC3)nc1. The second kappa shape index (κ2) is 7.04. The minimum Gasteiger partial charge on any atom is -0.313 e.